The molecule has 2 aromatic rings. The number of imide groups is 1. The smallest absolute Gasteiger partial charge is 0.387 e. The second kappa shape index (κ2) is 6.52. The van der Waals surface area contributed by atoms with E-state index in [4.69, 9.17) is 11.6 Å². The van der Waals surface area contributed by atoms with Gasteiger partial charge in [0.2, 0.25) is 0 Å². The molecule has 1 N–H and O–H groups in total. The van der Waals surface area contributed by atoms with E-state index in [2.05, 4.69) is 19.6 Å². The third kappa shape index (κ3) is 3.27. The number of ether oxygens (including phenoxy) is 1. The third-order valence-electron chi connectivity index (χ3n) is 3.75. The highest BCUT2D eigenvalue weighted by atomic mass is 35.5. The molecular weight excluding hydrogens is 378 g/mol. The second-order valence-corrected chi connectivity index (χ2v) is 6.70. The van der Waals surface area contributed by atoms with Crippen LogP contribution in [0.1, 0.15) is 18.2 Å². The second-order valence-electron chi connectivity index (χ2n) is 5.34. The zero-order valence-electron chi connectivity index (χ0n) is 12.7. The van der Waals surface area contributed by atoms with E-state index in [1.54, 1.807) is 0 Å². The Bertz CT molecular complexity index is 817. The summed E-state index contributed by atoms with van der Waals surface area (Å²) in [5.41, 5.74) is -0.589. The lowest BCUT2D eigenvalue weighted by Crippen LogP contribution is -2.40. The highest BCUT2D eigenvalue weighted by Gasteiger charge is 2.49. The van der Waals surface area contributed by atoms with Gasteiger partial charge >= 0.3 is 12.6 Å². The minimum absolute atomic E-state index is 0.0451. The number of amides is 3. The first-order chi connectivity index (χ1) is 11.8. The molecule has 132 valence electrons. The van der Waals surface area contributed by atoms with Crippen molar-refractivity contribution in [3.05, 3.63) is 39.9 Å². The van der Waals surface area contributed by atoms with Gasteiger partial charge in [0.15, 0.2) is 0 Å². The Morgan fingerprint density at radius 3 is 2.60 bits per heavy atom. The van der Waals surface area contributed by atoms with E-state index in [0.29, 0.717) is 15.6 Å². The Balaban J connectivity index is 1.83. The molecule has 25 heavy (non-hydrogen) atoms. The summed E-state index contributed by atoms with van der Waals surface area (Å²) in [6.07, 6.45) is 0. The van der Waals surface area contributed by atoms with E-state index in [-0.39, 0.29) is 12.3 Å². The average Bonchev–Trinajstić information content (AvgIpc) is 3.05. The van der Waals surface area contributed by atoms with Gasteiger partial charge in [0.25, 0.3) is 5.91 Å². The van der Waals surface area contributed by atoms with Crippen LogP contribution in [0.2, 0.25) is 4.34 Å². The van der Waals surface area contributed by atoms with Gasteiger partial charge < -0.3 is 10.1 Å². The monoisotopic (exact) mass is 388 g/mol. The Morgan fingerprint density at radius 2 is 2.04 bits per heavy atom. The fourth-order valence-corrected chi connectivity index (χ4v) is 3.06. The minimum atomic E-state index is -2.94. The van der Waals surface area contributed by atoms with Crippen LogP contribution < -0.4 is 10.1 Å². The molecule has 0 radical (unpaired) electrons. The first-order valence-corrected chi connectivity index (χ1v) is 8.12. The number of benzene rings is 1. The predicted molar refractivity (Wildman–Crippen MR) is 84.4 cm³/mol. The van der Waals surface area contributed by atoms with E-state index in [9.17, 15) is 18.4 Å². The molecule has 1 atom stereocenters. The van der Waals surface area contributed by atoms with Gasteiger partial charge in [-0.3, -0.25) is 9.69 Å². The summed E-state index contributed by atoms with van der Waals surface area (Å²) in [5.74, 6) is -0.555. The Hall–Kier alpha value is -2.33. The van der Waals surface area contributed by atoms with E-state index in [0.717, 1.165) is 16.4 Å². The molecule has 1 fully saturated rings. The Morgan fingerprint density at radius 1 is 1.36 bits per heavy atom. The summed E-state index contributed by atoms with van der Waals surface area (Å²) in [6, 6.07) is 4.88. The first-order valence-electron chi connectivity index (χ1n) is 6.97. The molecule has 2 heterocycles. The van der Waals surface area contributed by atoms with Crippen LogP contribution in [0, 0.1) is 0 Å². The van der Waals surface area contributed by atoms with E-state index < -0.39 is 24.1 Å². The number of hydrogen-bond donors (Lipinski definition) is 1. The Kier molecular flexibility index (Phi) is 4.56. The fraction of sp³-hybridized carbons (Fsp3) is 0.286. The van der Waals surface area contributed by atoms with Crippen molar-refractivity contribution < 1.29 is 23.1 Å². The maximum atomic E-state index is 12.7. The van der Waals surface area contributed by atoms with Crippen molar-refractivity contribution in [2.24, 2.45) is 0 Å². The van der Waals surface area contributed by atoms with Crippen molar-refractivity contribution in [2.75, 3.05) is 0 Å². The molecule has 7 nitrogen and oxygen atoms in total. The fourth-order valence-electron chi connectivity index (χ4n) is 2.45. The molecule has 1 aromatic carbocycles. The topological polar surface area (TPSA) is 84.4 Å². The predicted octanol–water partition coefficient (Wildman–Crippen LogP) is 2.76. The van der Waals surface area contributed by atoms with Crippen LogP contribution in [0.25, 0.3) is 0 Å². The maximum absolute atomic E-state index is 12.7. The lowest BCUT2D eigenvalue weighted by molar-refractivity contribution is -0.131. The van der Waals surface area contributed by atoms with Crippen LogP contribution in [0.4, 0.5) is 13.6 Å². The number of carbonyl (C=O) groups excluding carboxylic acids is 2. The lowest BCUT2D eigenvalue weighted by atomic mass is 9.92. The minimum Gasteiger partial charge on any atom is -0.435 e. The standard InChI is InChI=1S/C14H11ClF2N4O3S/c1-14(7-2-4-8(5-3-7)24-12(16)17)11(22)21(13(23)18-14)6-9-10(15)25-20-19-9/h2-5,12H,6H2,1H3,(H,18,23). The van der Waals surface area contributed by atoms with Gasteiger partial charge in [-0.2, -0.15) is 8.78 Å². The van der Waals surface area contributed by atoms with E-state index >= 15 is 0 Å². The van der Waals surface area contributed by atoms with Gasteiger partial charge in [-0.15, -0.1) is 5.10 Å². The normalized spacial score (nSPS) is 20.3. The summed E-state index contributed by atoms with van der Waals surface area (Å²) in [4.78, 5) is 25.9. The van der Waals surface area contributed by atoms with Crippen molar-refractivity contribution in [1.29, 1.82) is 0 Å². The molecule has 0 spiro atoms. The number of nitrogens with one attached hydrogen (secondary N) is 1. The lowest BCUT2D eigenvalue weighted by Gasteiger charge is -2.22. The summed E-state index contributed by atoms with van der Waals surface area (Å²) < 4.78 is 32.7. The van der Waals surface area contributed by atoms with Gasteiger partial charge in [-0.1, -0.05) is 28.2 Å². The number of carbonyl (C=O) groups is 2. The molecule has 1 aliphatic rings. The average molecular weight is 389 g/mol. The quantitative estimate of drug-likeness (QED) is 0.796. The summed E-state index contributed by atoms with van der Waals surface area (Å²) >= 11 is 6.86. The summed E-state index contributed by atoms with van der Waals surface area (Å²) in [6.45, 7) is -1.53. The number of nitrogens with zero attached hydrogens (tertiary/aromatic N) is 3. The number of rotatable bonds is 5. The maximum Gasteiger partial charge on any atom is 0.387 e. The molecule has 1 saturated heterocycles. The van der Waals surface area contributed by atoms with Crippen LogP contribution in [0.3, 0.4) is 0 Å². The molecule has 0 bridgehead atoms. The van der Waals surface area contributed by atoms with Crippen LogP contribution in [0.5, 0.6) is 5.75 Å². The molecule has 0 aliphatic carbocycles. The SMILES string of the molecule is CC1(c2ccc(OC(F)F)cc2)NC(=O)N(Cc2nnsc2Cl)C1=O. The Labute approximate surface area is 149 Å². The van der Waals surface area contributed by atoms with Gasteiger partial charge in [-0.05, 0) is 24.6 Å². The van der Waals surface area contributed by atoms with Crippen molar-refractivity contribution in [3.8, 4) is 5.75 Å². The molecule has 3 amide bonds. The van der Waals surface area contributed by atoms with Gasteiger partial charge in [0.1, 0.15) is 21.3 Å². The van der Waals surface area contributed by atoms with Crippen molar-refractivity contribution in [3.63, 3.8) is 0 Å². The van der Waals surface area contributed by atoms with Crippen molar-refractivity contribution >= 4 is 35.1 Å². The van der Waals surface area contributed by atoms with Crippen molar-refractivity contribution in [1.82, 2.24) is 19.8 Å². The molecular formula is C14H11ClF2N4O3S. The molecule has 3 rings (SSSR count). The zero-order chi connectivity index (χ0) is 18.2. The highest BCUT2D eigenvalue weighted by molar-refractivity contribution is 7.10. The van der Waals surface area contributed by atoms with Crippen LogP contribution in [-0.4, -0.2) is 33.0 Å². The van der Waals surface area contributed by atoms with E-state index in [1.807, 2.05) is 0 Å². The highest BCUT2D eigenvalue weighted by Crippen LogP contribution is 2.32. The van der Waals surface area contributed by atoms with E-state index in [1.165, 1.54) is 31.2 Å². The number of hydrogen-bond acceptors (Lipinski definition) is 6. The third-order valence-corrected chi connectivity index (χ3v) is 4.73. The van der Waals surface area contributed by atoms with Gasteiger partial charge in [0, 0.05) is 11.5 Å². The van der Waals surface area contributed by atoms with Crippen molar-refractivity contribution in [2.45, 2.75) is 25.6 Å². The molecule has 0 saturated carbocycles. The number of aromatic nitrogens is 2. The molecule has 1 unspecified atom stereocenters. The zero-order valence-corrected chi connectivity index (χ0v) is 14.3. The number of halogens is 3. The molecule has 1 aliphatic heterocycles. The summed E-state index contributed by atoms with van der Waals surface area (Å²) in [7, 11) is 0. The number of alkyl halides is 2. The van der Waals surface area contributed by atoms with Crippen LogP contribution in [0.15, 0.2) is 24.3 Å². The van der Waals surface area contributed by atoms with Gasteiger partial charge in [-0.25, -0.2) is 4.79 Å². The van der Waals surface area contributed by atoms with Crippen LogP contribution in [-0.2, 0) is 16.9 Å². The first kappa shape index (κ1) is 17.5. The number of urea groups is 1. The van der Waals surface area contributed by atoms with Crippen LogP contribution >= 0.6 is 23.1 Å². The largest absolute Gasteiger partial charge is 0.435 e. The molecule has 11 heteroatoms. The summed E-state index contributed by atoms with van der Waals surface area (Å²) in [5, 5.41) is 6.38. The molecule has 1 aromatic heterocycles. The van der Waals surface area contributed by atoms with Gasteiger partial charge in [0.05, 0.1) is 6.54 Å².